The first-order valence-electron chi connectivity index (χ1n) is 5.62. The van der Waals surface area contributed by atoms with Crippen molar-refractivity contribution in [3.8, 4) is 11.3 Å². The molecule has 90 valence electrons. The van der Waals surface area contributed by atoms with E-state index in [1.165, 1.54) is 6.07 Å². The van der Waals surface area contributed by atoms with Crippen LogP contribution < -0.4 is 5.73 Å². The predicted octanol–water partition coefficient (Wildman–Crippen LogP) is 2.04. The second kappa shape index (κ2) is 4.67. The Morgan fingerprint density at radius 3 is 2.71 bits per heavy atom. The van der Waals surface area contributed by atoms with Crippen LogP contribution in [0, 0.1) is 12.7 Å². The minimum Gasteiger partial charge on any atom is -0.335 e. The van der Waals surface area contributed by atoms with Crippen LogP contribution in [-0.2, 0) is 13.5 Å². The summed E-state index contributed by atoms with van der Waals surface area (Å²) in [5.74, 6) is 0.621. The van der Waals surface area contributed by atoms with Gasteiger partial charge in [-0.25, -0.2) is 9.37 Å². The average Bonchev–Trinajstić information content (AvgIpc) is 2.58. The fourth-order valence-electron chi connectivity index (χ4n) is 1.95. The summed E-state index contributed by atoms with van der Waals surface area (Å²) < 4.78 is 15.7. The Bertz CT molecular complexity index is 531. The van der Waals surface area contributed by atoms with Crippen LogP contribution in [0.3, 0.4) is 0 Å². The number of imidazole rings is 1. The van der Waals surface area contributed by atoms with E-state index in [1.807, 2.05) is 24.6 Å². The molecule has 2 rings (SSSR count). The molecule has 0 saturated heterocycles. The van der Waals surface area contributed by atoms with Crippen molar-refractivity contribution in [3.63, 3.8) is 0 Å². The van der Waals surface area contributed by atoms with E-state index in [9.17, 15) is 4.39 Å². The van der Waals surface area contributed by atoms with Gasteiger partial charge in [0.25, 0.3) is 0 Å². The van der Waals surface area contributed by atoms with Gasteiger partial charge in [-0.1, -0.05) is 12.1 Å². The molecule has 1 heterocycles. The number of rotatable bonds is 3. The van der Waals surface area contributed by atoms with E-state index in [4.69, 9.17) is 5.73 Å². The van der Waals surface area contributed by atoms with Crippen molar-refractivity contribution in [2.24, 2.45) is 12.8 Å². The molecule has 0 spiro atoms. The van der Waals surface area contributed by atoms with Crippen molar-refractivity contribution in [3.05, 3.63) is 41.6 Å². The first-order valence-corrected chi connectivity index (χ1v) is 5.62. The summed E-state index contributed by atoms with van der Waals surface area (Å²) in [5, 5.41) is 0. The first-order chi connectivity index (χ1) is 8.15. The second-order valence-corrected chi connectivity index (χ2v) is 4.03. The Morgan fingerprint density at radius 1 is 1.35 bits per heavy atom. The van der Waals surface area contributed by atoms with Gasteiger partial charge in [0, 0.05) is 24.7 Å². The summed E-state index contributed by atoms with van der Waals surface area (Å²) in [6.45, 7) is 2.44. The summed E-state index contributed by atoms with van der Waals surface area (Å²) in [7, 11) is 1.93. The third-order valence-electron chi connectivity index (χ3n) is 2.95. The number of benzene rings is 1. The molecule has 0 aliphatic rings. The number of nitrogens with two attached hydrogens (primary N) is 1. The first kappa shape index (κ1) is 11.8. The van der Waals surface area contributed by atoms with Gasteiger partial charge >= 0.3 is 0 Å². The summed E-state index contributed by atoms with van der Waals surface area (Å²) in [6.07, 6.45) is 0.695. The molecule has 1 aromatic heterocycles. The van der Waals surface area contributed by atoms with Crippen molar-refractivity contribution in [1.82, 2.24) is 9.55 Å². The Balaban J connectivity index is 2.59. The van der Waals surface area contributed by atoms with Gasteiger partial charge in [-0.3, -0.25) is 0 Å². The van der Waals surface area contributed by atoms with Gasteiger partial charge in [-0.05, 0) is 25.6 Å². The Morgan fingerprint density at radius 2 is 2.06 bits per heavy atom. The zero-order chi connectivity index (χ0) is 12.4. The standard InChI is InChI=1S/C13H16FN3/c1-9-16-13(12(7-8-15)17(9)2)10-5-3-4-6-11(10)14/h3-6H,7-8,15H2,1-2H3. The van der Waals surface area contributed by atoms with Crippen LogP contribution >= 0.6 is 0 Å². The normalized spacial score (nSPS) is 10.8. The molecular weight excluding hydrogens is 217 g/mol. The highest BCUT2D eigenvalue weighted by molar-refractivity contribution is 5.63. The highest BCUT2D eigenvalue weighted by Gasteiger charge is 2.15. The van der Waals surface area contributed by atoms with Crippen molar-refractivity contribution in [2.75, 3.05) is 6.54 Å². The maximum Gasteiger partial charge on any atom is 0.132 e. The SMILES string of the molecule is Cc1nc(-c2ccccc2F)c(CCN)n1C. The molecule has 0 amide bonds. The molecule has 0 aliphatic heterocycles. The molecule has 2 N–H and O–H groups in total. The van der Waals surface area contributed by atoms with Crippen LogP contribution in [-0.4, -0.2) is 16.1 Å². The minimum absolute atomic E-state index is 0.246. The van der Waals surface area contributed by atoms with Crippen LogP contribution in [0.5, 0.6) is 0 Å². The van der Waals surface area contributed by atoms with E-state index in [0.717, 1.165) is 11.5 Å². The van der Waals surface area contributed by atoms with Crippen molar-refractivity contribution in [2.45, 2.75) is 13.3 Å². The molecule has 4 heteroatoms. The van der Waals surface area contributed by atoms with Gasteiger partial charge in [0.2, 0.25) is 0 Å². The number of nitrogens with zero attached hydrogens (tertiary/aromatic N) is 2. The zero-order valence-corrected chi connectivity index (χ0v) is 10.1. The summed E-state index contributed by atoms with van der Waals surface area (Å²) in [5.41, 5.74) is 7.81. The van der Waals surface area contributed by atoms with E-state index in [0.29, 0.717) is 24.2 Å². The van der Waals surface area contributed by atoms with Crippen molar-refractivity contribution < 1.29 is 4.39 Å². The van der Waals surface area contributed by atoms with Crippen molar-refractivity contribution >= 4 is 0 Å². The van der Waals surface area contributed by atoms with Gasteiger partial charge in [-0.2, -0.15) is 0 Å². The monoisotopic (exact) mass is 233 g/mol. The average molecular weight is 233 g/mol. The van der Waals surface area contributed by atoms with Crippen LogP contribution in [0.1, 0.15) is 11.5 Å². The Kier molecular flexibility index (Phi) is 3.24. The predicted molar refractivity (Wildman–Crippen MR) is 66.1 cm³/mol. The molecule has 17 heavy (non-hydrogen) atoms. The van der Waals surface area contributed by atoms with E-state index < -0.39 is 0 Å². The fraction of sp³-hybridized carbons (Fsp3) is 0.308. The largest absolute Gasteiger partial charge is 0.335 e. The molecule has 0 unspecified atom stereocenters. The maximum absolute atomic E-state index is 13.8. The highest BCUT2D eigenvalue weighted by Crippen LogP contribution is 2.26. The molecule has 2 aromatic rings. The van der Waals surface area contributed by atoms with Crippen LogP contribution in [0.25, 0.3) is 11.3 Å². The lowest BCUT2D eigenvalue weighted by atomic mass is 10.1. The second-order valence-electron chi connectivity index (χ2n) is 4.03. The number of halogens is 1. The minimum atomic E-state index is -0.246. The lowest BCUT2D eigenvalue weighted by Crippen LogP contribution is -2.08. The van der Waals surface area contributed by atoms with Gasteiger partial charge in [-0.15, -0.1) is 0 Å². The molecule has 0 radical (unpaired) electrons. The third kappa shape index (κ3) is 2.08. The molecule has 0 fully saturated rings. The number of hydrogen-bond donors (Lipinski definition) is 1. The van der Waals surface area contributed by atoms with Crippen molar-refractivity contribution in [1.29, 1.82) is 0 Å². The molecule has 0 saturated carbocycles. The Labute approximate surface area is 100 Å². The third-order valence-corrected chi connectivity index (χ3v) is 2.95. The van der Waals surface area contributed by atoms with Gasteiger partial charge in [0.1, 0.15) is 11.6 Å². The molecular formula is C13H16FN3. The highest BCUT2D eigenvalue weighted by atomic mass is 19.1. The number of aromatic nitrogens is 2. The number of aryl methyl sites for hydroxylation is 1. The summed E-state index contributed by atoms with van der Waals surface area (Å²) in [6, 6.07) is 6.69. The van der Waals surface area contributed by atoms with Crippen LogP contribution in [0.4, 0.5) is 4.39 Å². The maximum atomic E-state index is 13.8. The quantitative estimate of drug-likeness (QED) is 0.881. The van der Waals surface area contributed by atoms with Crippen LogP contribution in [0.15, 0.2) is 24.3 Å². The molecule has 3 nitrogen and oxygen atoms in total. The fourth-order valence-corrected chi connectivity index (χ4v) is 1.95. The van der Waals surface area contributed by atoms with E-state index in [2.05, 4.69) is 4.98 Å². The lowest BCUT2D eigenvalue weighted by Gasteiger charge is -2.05. The van der Waals surface area contributed by atoms with E-state index in [-0.39, 0.29) is 5.82 Å². The summed E-state index contributed by atoms with van der Waals surface area (Å²) >= 11 is 0. The van der Waals surface area contributed by atoms with Gasteiger partial charge < -0.3 is 10.3 Å². The smallest absolute Gasteiger partial charge is 0.132 e. The molecule has 1 aromatic carbocycles. The zero-order valence-electron chi connectivity index (χ0n) is 10.1. The lowest BCUT2D eigenvalue weighted by molar-refractivity contribution is 0.630. The summed E-state index contributed by atoms with van der Waals surface area (Å²) in [4.78, 5) is 4.43. The molecule has 0 bridgehead atoms. The van der Waals surface area contributed by atoms with Crippen LogP contribution in [0.2, 0.25) is 0 Å². The number of hydrogen-bond acceptors (Lipinski definition) is 2. The Hall–Kier alpha value is -1.68. The van der Waals surface area contributed by atoms with Gasteiger partial charge in [0.05, 0.1) is 5.69 Å². The topological polar surface area (TPSA) is 43.8 Å². The van der Waals surface area contributed by atoms with Gasteiger partial charge in [0.15, 0.2) is 0 Å². The van der Waals surface area contributed by atoms with E-state index >= 15 is 0 Å². The van der Waals surface area contributed by atoms with E-state index in [1.54, 1.807) is 12.1 Å². The molecule has 0 atom stereocenters. The molecule has 0 aliphatic carbocycles.